The molecule has 0 radical (unpaired) electrons. The molecule has 0 amide bonds. The summed E-state index contributed by atoms with van der Waals surface area (Å²) in [6.45, 7) is 1.09. The second kappa shape index (κ2) is 7.99. The molecule has 0 aliphatic rings. The first kappa shape index (κ1) is 21.1. The van der Waals surface area contributed by atoms with Gasteiger partial charge in [-0.25, -0.2) is 0 Å². The van der Waals surface area contributed by atoms with E-state index >= 15 is 0 Å². The molecule has 4 rings (SSSR count). The monoisotopic (exact) mass is 575 g/mol. The molecule has 0 bridgehead atoms. The van der Waals surface area contributed by atoms with E-state index in [4.69, 9.17) is 0 Å². The molecule has 8 heteroatoms. The minimum atomic E-state index is -4.59. The van der Waals surface area contributed by atoms with E-state index in [1.165, 1.54) is 33.9 Å². The number of aromatic nitrogens is 4. The van der Waals surface area contributed by atoms with Gasteiger partial charge in [0.15, 0.2) is 5.41 Å². The van der Waals surface area contributed by atoms with Gasteiger partial charge in [-0.3, -0.25) is 9.36 Å². The number of hydrogen-bond donors (Lipinski definition) is 0. The van der Waals surface area contributed by atoms with Gasteiger partial charge in [0.2, 0.25) is 0 Å². The summed E-state index contributed by atoms with van der Waals surface area (Å²) in [6.07, 6.45) is -1.60. The van der Waals surface area contributed by atoms with Crippen molar-refractivity contribution in [3.05, 3.63) is 96.6 Å². The van der Waals surface area contributed by atoms with Gasteiger partial charge in [0.25, 0.3) is 0 Å². The summed E-state index contributed by atoms with van der Waals surface area (Å²) in [6, 6.07) is 22.5. The second-order valence-corrected chi connectivity index (χ2v) is 6.41. The first-order valence-electron chi connectivity index (χ1n) is 8.53. The van der Waals surface area contributed by atoms with Gasteiger partial charge < -0.3 is 0 Å². The van der Waals surface area contributed by atoms with Gasteiger partial charge >= 0.3 is 27.2 Å². The summed E-state index contributed by atoms with van der Waals surface area (Å²) in [5.41, 5.74) is -1.53. The molecule has 2 aromatic carbocycles. The topological polar surface area (TPSA) is 35.6 Å². The van der Waals surface area contributed by atoms with E-state index in [0.717, 1.165) is 6.92 Å². The van der Waals surface area contributed by atoms with E-state index in [1.807, 2.05) is 0 Å². The molecule has 0 atom stereocenters. The maximum atomic E-state index is 14.2. The zero-order valence-electron chi connectivity index (χ0n) is 15.2. The standard InChI is InChI=1S/C21H15F3N4.Pt/c1-20(21(22,23)24,18-12-14-27(25-18)16-8-4-2-5-9-16)19-13-15-28(26-19)17-10-6-3-7-11-17;/h2-8,10,12-15H,1H3;/q-2;+2. The van der Waals surface area contributed by atoms with E-state index in [0.29, 0.717) is 11.4 Å². The van der Waals surface area contributed by atoms with Crippen molar-refractivity contribution in [1.82, 2.24) is 19.6 Å². The van der Waals surface area contributed by atoms with Crippen LogP contribution in [0.5, 0.6) is 0 Å². The number of para-hydroxylation sites is 2. The Morgan fingerprint density at radius 3 is 1.55 bits per heavy atom. The number of halogens is 3. The second-order valence-electron chi connectivity index (χ2n) is 6.41. The largest absolute Gasteiger partial charge is 2.00 e. The molecule has 0 saturated carbocycles. The summed E-state index contributed by atoms with van der Waals surface area (Å²) >= 11 is 0. The molecule has 0 fully saturated rings. The van der Waals surface area contributed by atoms with Crippen molar-refractivity contribution >= 4 is 0 Å². The quantitative estimate of drug-likeness (QED) is 0.336. The van der Waals surface area contributed by atoms with Gasteiger partial charge in [0, 0.05) is 12.4 Å². The predicted octanol–water partition coefficient (Wildman–Crippen LogP) is 4.52. The maximum Gasteiger partial charge on any atom is 2.00 e. The van der Waals surface area contributed by atoms with Crippen molar-refractivity contribution < 1.29 is 34.2 Å². The van der Waals surface area contributed by atoms with Crippen molar-refractivity contribution in [1.29, 1.82) is 0 Å². The van der Waals surface area contributed by atoms with Gasteiger partial charge in [-0.05, 0) is 30.4 Å². The molecular formula is C21H15F3N4Pt. The average Bonchev–Trinajstić information content (AvgIpc) is 3.38. The summed E-state index contributed by atoms with van der Waals surface area (Å²) in [5.74, 6) is 0. The van der Waals surface area contributed by atoms with E-state index in [9.17, 15) is 13.2 Å². The van der Waals surface area contributed by atoms with Crippen molar-refractivity contribution in [2.75, 3.05) is 0 Å². The van der Waals surface area contributed by atoms with Crippen LogP contribution in [-0.4, -0.2) is 25.7 Å². The van der Waals surface area contributed by atoms with Crippen molar-refractivity contribution in [3.63, 3.8) is 0 Å². The number of alkyl halides is 3. The Kier molecular flexibility index (Phi) is 5.80. The SMILES string of the molecule is CC(c1ccn(-c2[c-]cccc2)n1)(c1ccn(-c2[c-]cccc2)n1)C(F)(F)F.[Pt+2]. The van der Waals surface area contributed by atoms with Crippen LogP contribution < -0.4 is 0 Å². The van der Waals surface area contributed by atoms with Gasteiger partial charge in [-0.1, -0.05) is 0 Å². The van der Waals surface area contributed by atoms with Gasteiger partial charge in [-0.15, -0.1) is 12.1 Å². The number of rotatable bonds is 4. The first-order chi connectivity index (χ1) is 13.4. The fraction of sp³-hybridized carbons (Fsp3) is 0.143. The van der Waals surface area contributed by atoms with Crippen LogP contribution in [0.1, 0.15) is 18.3 Å². The van der Waals surface area contributed by atoms with Crippen LogP contribution in [0.25, 0.3) is 11.4 Å². The molecule has 4 aromatic rings. The van der Waals surface area contributed by atoms with Crippen LogP contribution >= 0.6 is 0 Å². The molecule has 4 nitrogen and oxygen atoms in total. The summed E-state index contributed by atoms with van der Waals surface area (Å²) in [4.78, 5) is 0. The Morgan fingerprint density at radius 1 is 0.759 bits per heavy atom. The third-order valence-corrected chi connectivity index (χ3v) is 4.65. The average molecular weight is 575 g/mol. The van der Waals surface area contributed by atoms with Gasteiger partial charge in [-0.2, -0.15) is 71.9 Å². The molecule has 0 spiro atoms. The minimum Gasteiger partial charge on any atom is -0.265 e. The molecule has 29 heavy (non-hydrogen) atoms. The van der Waals surface area contributed by atoms with Crippen LogP contribution in [0.15, 0.2) is 73.1 Å². The molecule has 0 aliphatic heterocycles. The zero-order valence-corrected chi connectivity index (χ0v) is 17.4. The van der Waals surface area contributed by atoms with Crippen LogP contribution in [-0.2, 0) is 26.5 Å². The maximum absolute atomic E-state index is 14.2. The van der Waals surface area contributed by atoms with E-state index in [1.54, 1.807) is 48.5 Å². The van der Waals surface area contributed by atoms with Gasteiger partial charge in [0.05, 0.1) is 11.4 Å². The Labute approximate surface area is 180 Å². The molecular weight excluding hydrogens is 560 g/mol. The molecule has 0 unspecified atom stereocenters. The number of hydrogen-bond acceptors (Lipinski definition) is 2. The Balaban J connectivity index is 0.00000240. The van der Waals surface area contributed by atoms with E-state index in [2.05, 4.69) is 22.3 Å². The van der Waals surface area contributed by atoms with Crippen molar-refractivity contribution in [2.24, 2.45) is 0 Å². The van der Waals surface area contributed by atoms with Crippen LogP contribution in [0.4, 0.5) is 13.2 Å². The third kappa shape index (κ3) is 3.79. The fourth-order valence-electron chi connectivity index (χ4n) is 2.92. The Bertz CT molecular complexity index is 994. The fourth-order valence-corrected chi connectivity index (χ4v) is 2.92. The zero-order chi connectivity index (χ0) is 19.8. The van der Waals surface area contributed by atoms with E-state index < -0.39 is 11.6 Å². The predicted molar refractivity (Wildman–Crippen MR) is 97.3 cm³/mol. The third-order valence-electron chi connectivity index (χ3n) is 4.65. The first-order valence-corrected chi connectivity index (χ1v) is 8.53. The minimum absolute atomic E-state index is 0. The summed E-state index contributed by atoms with van der Waals surface area (Å²) in [5, 5.41) is 8.37. The van der Waals surface area contributed by atoms with Gasteiger partial charge in [0.1, 0.15) is 0 Å². The van der Waals surface area contributed by atoms with Crippen LogP contribution in [0.2, 0.25) is 0 Å². The number of benzene rings is 2. The molecule has 0 saturated heterocycles. The molecule has 150 valence electrons. The molecule has 2 aromatic heterocycles. The molecule has 2 heterocycles. The van der Waals surface area contributed by atoms with Crippen LogP contribution in [0, 0.1) is 12.1 Å². The molecule has 0 aliphatic carbocycles. The number of nitrogens with zero attached hydrogens (tertiary/aromatic N) is 4. The molecule has 0 N–H and O–H groups in total. The Morgan fingerprint density at radius 2 is 1.21 bits per heavy atom. The Hall–Kier alpha value is -2.66. The van der Waals surface area contributed by atoms with Crippen molar-refractivity contribution in [2.45, 2.75) is 18.5 Å². The summed E-state index contributed by atoms with van der Waals surface area (Å²) in [7, 11) is 0. The normalized spacial score (nSPS) is 11.9. The van der Waals surface area contributed by atoms with E-state index in [-0.39, 0.29) is 32.5 Å². The smallest absolute Gasteiger partial charge is 0.265 e. The van der Waals surface area contributed by atoms with Crippen LogP contribution in [0.3, 0.4) is 0 Å². The van der Waals surface area contributed by atoms with Crippen molar-refractivity contribution in [3.8, 4) is 11.4 Å². The summed E-state index contributed by atoms with van der Waals surface area (Å²) < 4.78 is 45.3.